The molecule has 3 aromatic rings. The lowest BCUT2D eigenvalue weighted by Gasteiger charge is -2.28. The van der Waals surface area contributed by atoms with Gasteiger partial charge in [0.25, 0.3) is 0 Å². The fourth-order valence-electron chi connectivity index (χ4n) is 4.77. The first-order valence-corrected chi connectivity index (χ1v) is 11.0. The summed E-state index contributed by atoms with van der Waals surface area (Å²) in [5.74, 6) is 2.31. The molecule has 1 fully saturated rings. The molecule has 0 unspecified atom stereocenters. The SMILES string of the molecule is CCC1CCC(c2ccc(CCc3ccc4cc(OC)ccc4c3F)cc2)CC1. The molecule has 0 heterocycles. The van der Waals surface area contributed by atoms with Crippen LogP contribution in [0.4, 0.5) is 4.39 Å². The van der Waals surface area contributed by atoms with Gasteiger partial charge in [-0.15, -0.1) is 0 Å². The third kappa shape index (κ3) is 4.47. The Morgan fingerprint density at radius 3 is 2.34 bits per heavy atom. The van der Waals surface area contributed by atoms with E-state index >= 15 is 0 Å². The van der Waals surface area contributed by atoms with Crippen LogP contribution in [0.5, 0.6) is 5.75 Å². The Labute approximate surface area is 173 Å². The van der Waals surface area contributed by atoms with Gasteiger partial charge in [-0.25, -0.2) is 4.39 Å². The van der Waals surface area contributed by atoms with Crippen molar-refractivity contribution in [1.82, 2.24) is 0 Å². The lowest BCUT2D eigenvalue weighted by atomic mass is 9.78. The highest BCUT2D eigenvalue weighted by atomic mass is 19.1. The first-order valence-electron chi connectivity index (χ1n) is 11.0. The van der Waals surface area contributed by atoms with Crippen LogP contribution in [-0.2, 0) is 12.8 Å². The van der Waals surface area contributed by atoms with E-state index in [0.717, 1.165) is 41.4 Å². The Morgan fingerprint density at radius 1 is 0.897 bits per heavy atom. The Hall–Kier alpha value is -2.35. The van der Waals surface area contributed by atoms with E-state index in [9.17, 15) is 4.39 Å². The molecule has 0 N–H and O–H groups in total. The molecule has 29 heavy (non-hydrogen) atoms. The Kier molecular flexibility index (Phi) is 6.18. The van der Waals surface area contributed by atoms with Gasteiger partial charge in [0.15, 0.2) is 0 Å². The van der Waals surface area contributed by atoms with Crippen molar-refractivity contribution in [3.8, 4) is 5.75 Å². The Morgan fingerprint density at radius 2 is 1.66 bits per heavy atom. The van der Waals surface area contributed by atoms with Gasteiger partial charge in [0, 0.05) is 5.39 Å². The highest BCUT2D eigenvalue weighted by Gasteiger charge is 2.21. The topological polar surface area (TPSA) is 9.23 Å². The lowest BCUT2D eigenvalue weighted by Crippen LogP contribution is -2.12. The van der Waals surface area contributed by atoms with Crippen molar-refractivity contribution in [1.29, 1.82) is 0 Å². The van der Waals surface area contributed by atoms with Crippen LogP contribution in [0.1, 0.15) is 61.6 Å². The maximum atomic E-state index is 14.9. The normalized spacial score (nSPS) is 19.4. The van der Waals surface area contributed by atoms with Gasteiger partial charge in [0.1, 0.15) is 11.6 Å². The van der Waals surface area contributed by atoms with E-state index in [1.165, 1.54) is 43.2 Å². The number of rotatable bonds is 6. The predicted octanol–water partition coefficient (Wildman–Crippen LogP) is 7.46. The van der Waals surface area contributed by atoms with Crippen molar-refractivity contribution in [2.45, 2.75) is 57.8 Å². The molecule has 0 amide bonds. The van der Waals surface area contributed by atoms with Gasteiger partial charge in [-0.3, -0.25) is 0 Å². The first kappa shape index (κ1) is 19.9. The second-order valence-electron chi connectivity index (χ2n) is 8.49. The number of aryl methyl sites for hydroxylation is 2. The van der Waals surface area contributed by atoms with Gasteiger partial charge in [-0.05, 0) is 90.6 Å². The average Bonchev–Trinajstić information content (AvgIpc) is 2.79. The quantitative estimate of drug-likeness (QED) is 0.424. The zero-order valence-corrected chi connectivity index (χ0v) is 17.6. The molecule has 0 saturated heterocycles. The number of hydrogen-bond acceptors (Lipinski definition) is 1. The number of methoxy groups -OCH3 is 1. The third-order valence-corrected chi connectivity index (χ3v) is 6.80. The van der Waals surface area contributed by atoms with Crippen molar-refractivity contribution in [2.24, 2.45) is 5.92 Å². The Bertz CT molecular complexity index is 952. The molecule has 0 aromatic heterocycles. The molecule has 1 saturated carbocycles. The van der Waals surface area contributed by atoms with Crippen LogP contribution in [0.25, 0.3) is 10.8 Å². The fraction of sp³-hybridized carbons (Fsp3) is 0.407. The van der Waals surface area contributed by atoms with Crippen molar-refractivity contribution in [2.75, 3.05) is 7.11 Å². The first-order chi connectivity index (χ1) is 14.2. The van der Waals surface area contributed by atoms with E-state index in [1.807, 2.05) is 30.3 Å². The van der Waals surface area contributed by atoms with E-state index in [-0.39, 0.29) is 5.82 Å². The summed E-state index contributed by atoms with van der Waals surface area (Å²) in [6, 6.07) is 18.5. The third-order valence-electron chi connectivity index (χ3n) is 6.80. The van der Waals surface area contributed by atoms with Crippen LogP contribution in [0.15, 0.2) is 54.6 Å². The molecule has 152 valence electrons. The molecule has 0 bridgehead atoms. The minimum atomic E-state index is -0.102. The second-order valence-corrected chi connectivity index (χ2v) is 8.49. The summed E-state index contributed by atoms with van der Waals surface area (Å²) in [6.07, 6.45) is 8.29. The minimum Gasteiger partial charge on any atom is -0.497 e. The van der Waals surface area contributed by atoms with Crippen LogP contribution < -0.4 is 4.74 Å². The molecule has 4 rings (SSSR count). The largest absolute Gasteiger partial charge is 0.497 e. The molecule has 1 nitrogen and oxygen atoms in total. The molecule has 1 aliphatic carbocycles. The fourth-order valence-corrected chi connectivity index (χ4v) is 4.77. The summed E-state index contributed by atoms with van der Waals surface area (Å²) >= 11 is 0. The Balaban J connectivity index is 1.41. The van der Waals surface area contributed by atoms with E-state index < -0.39 is 0 Å². The zero-order valence-electron chi connectivity index (χ0n) is 17.6. The second kappa shape index (κ2) is 8.98. The molecule has 0 spiro atoms. The maximum Gasteiger partial charge on any atom is 0.134 e. The van der Waals surface area contributed by atoms with Crippen LogP contribution in [0.2, 0.25) is 0 Å². The molecule has 0 radical (unpaired) electrons. The summed E-state index contributed by atoms with van der Waals surface area (Å²) < 4.78 is 20.2. The highest BCUT2D eigenvalue weighted by molar-refractivity contribution is 5.85. The summed E-state index contributed by atoms with van der Waals surface area (Å²) in [4.78, 5) is 0. The molecule has 0 aliphatic heterocycles. The van der Waals surface area contributed by atoms with Gasteiger partial charge in [-0.1, -0.05) is 49.7 Å². The molecule has 2 heteroatoms. The van der Waals surface area contributed by atoms with Crippen molar-refractivity contribution in [3.05, 3.63) is 77.1 Å². The van der Waals surface area contributed by atoms with Crippen LogP contribution in [0, 0.1) is 11.7 Å². The summed E-state index contributed by atoms with van der Waals surface area (Å²) in [5.41, 5.74) is 3.55. The molecule has 1 aliphatic rings. The molecular weight excluding hydrogens is 359 g/mol. The van der Waals surface area contributed by atoms with Crippen LogP contribution >= 0.6 is 0 Å². The van der Waals surface area contributed by atoms with Crippen molar-refractivity contribution in [3.63, 3.8) is 0 Å². The van der Waals surface area contributed by atoms with Gasteiger partial charge in [-0.2, -0.15) is 0 Å². The average molecular weight is 391 g/mol. The minimum absolute atomic E-state index is 0.102. The van der Waals surface area contributed by atoms with Crippen molar-refractivity contribution >= 4 is 10.8 Å². The van der Waals surface area contributed by atoms with E-state index in [0.29, 0.717) is 5.39 Å². The highest BCUT2D eigenvalue weighted by Crippen LogP contribution is 2.37. The van der Waals surface area contributed by atoms with Crippen LogP contribution in [0.3, 0.4) is 0 Å². The number of ether oxygens (including phenoxy) is 1. The van der Waals surface area contributed by atoms with E-state index in [1.54, 1.807) is 7.11 Å². The van der Waals surface area contributed by atoms with Crippen LogP contribution in [-0.4, -0.2) is 7.11 Å². The van der Waals surface area contributed by atoms with Gasteiger partial charge in [0.05, 0.1) is 7.11 Å². The molecular formula is C27H31FO. The standard InChI is InChI=1S/C27H31FO/c1-3-19-4-9-21(10-5-19)22-11-6-20(7-12-22)8-13-23-14-15-24-18-25(29-2)16-17-26(24)27(23)28/h6-7,11-12,14-19,21H,3-5,8-10,13H2,1-2H3. The summed E-state index contributed by atoms with van der Waals surface area (Å²) in [6.45, 7) is 2.31. The number of benzene rings is 3. The predicted molar refractivity (Wildman–Crippen MR) is 119 cm³/mol. The van der Waals surface area contributed by atoms with E-state index in [2.05, 4.69) is 31.2 Å². The zero-order chi connectivity index (χ0) is 20.2. The molecule has 3 aromatic carbocycles. The lowest BCUT2D eigenvalue weighted by molar-refractivity contribution is 0.319. The maximum absolute atomic E-state index is 14.9. The van der Waals surface area contributed by atoms with Crippen molar-refractivity contribution < 1.29 is 9.13 Å². The monoisotopic (exact) mass is 390 g/mol. The number of fused-ring (bicyclic) bond motifs is 1. The summed E-state index contributed by atoms with van der Waals surface area (Å²) in [7, 11) is 1.63. The van der Waals surface area contributed by atoms with Gasteiger partial charge < -0.3 is 4.74 Å². The van der Waals surface area contributed by atoms with E-state index in [4.69, 9.17) is 4.74 Å². The van der Waals surface area contributed by atoms with Gasteiger partial charge >= 0.3 is 0 Å². The summed E-state index contributed by atoms with van der Waals surface area (Å²) in [5, 5.41) is 1.55. The molecule has 0 atom stereocenters. The van der Waals surface area contributed by atoms with Gasteiger partial charge in [0.2, 0.25) is 0 Å². The smallest absolute Gasteiger partial charge is 0.134 e. The number of hydrogen-bond donors (Lipinski definition) is 0. The number of halogens is 1.